The molecule has 78 valence electrons. The molecule has 1 aromatic rings. The zero-order valence-corrected chi connectivity index (χ0v) is 11.6. The van der Waals surface area contributed by atoms with E-state index >= 15 is 0 Å². The Kier molecular flexibility index (Phi) is 4.22. The molecule has 1 N–H and O–H groups in total. The molecule has 0 heterocycles. The molecule has 0 radical (unpaired) electrons. The SMILES string of the molecule is CC(C)(C)NCc1ccc(I)c(Cl)c1. The predicted molar refractivity (Wildman–Crippen MR) is 70.8 cm³/mol. The summed E-state index contributed by atoms with van der Waals surface area (Å²) in [4.78, 5) is 0. The van der Waals surface area contributed by atoms with E-state index in [4.69, 9.17) is 11.6 Å². The lowest BCUT2D eigenvalue weighted by atomic mass is 10.1. The Balaban J connectivity index is 2.65. The van der Waals surface area contributed by atoms with Crippen molar-refractivity contribution in [3.05, 3.63) is 32.4 Å². The zero-order chi connectivity index (χ0) is 10.8. The molecule has 3 heteroatoms. The molecule has 0 saturated heterocycles. The van der Waals surface area contributed by atoms with Gasteiger partial charge in [0.05, 0.1) is 5.02 Å². The first kappa shape index (κ1) is 12.3. The fourth-order valence-electron chi connectivity index (χ4n) is 1.02. The third-order valence-electron chi connectivity index (χ3n) is 1.81. The van der Waals surface area contributed by atoms with E-state index in [1.54, 1.807) is 0 Å². The molecule has 0 aliphatic heterocycles. The van der Waals surface area contributed by atoms with Crippen LogP contribution in [0.25, 0.3) is 0 Å². The Morgan fingerprint density at radius 2 is 2.00 bits per heavy atom. The van der Waals surface area contributed by atoms with Crippen molar-refractivity contribution in [1.29, 1.82) is 0 Å². The normalized spacial score (nSPS) is 11.8. The predicted octanol–water partition coefficient (Wildman–Crippen LogP) is 3.83. The Hall–Kier alpha value is 0.200. The van der Waals surface area contributed by atoms with Crippen LogP contribution < -0.4 is 5.32 Å². The maximum Gasteiger partial charge on any atom is 0.0542 e. The fourth-order valence-corrected chi connectivity index (χ4v) is 1.56. The molecule has 1 aromatic carbocycles. The van der Waals surface area contributed by atoms with Crippen LogP contribution in [-0.4, -0.2) is 5.54 Å². The van der Waals surface area contributed by atoms with Crippen LogP contribution in [0.3, 0.4) is 0 Å². The van der Waals surface area contributed by atoms with Crippen LogP contribution in [0.4, 0.5) is 0 Å². The summed E-state index contributed by atoms with van der Waals surface area (Å²) in [7, 11) is 0. The molecule has 1 rings (SSSR count). The largest absolute Gasteiger partial charge is 0.308 e. The van der Waals surface area contributed by atoms with E-state index in [9.17, 15) is 0 Å². The molecule has 0 saturated carbocycles. The quantitative estimate of drug-likeness (QED) is 0.816. The van der Waals surface area contributed by atoms with Crippen LogP contribution in [0.1, 0.15) is 26.3 Å². The number of hydrogen-bond donors (Lipinski definition) is 1. The minimum atomic E-state index is 0.148. The number of benzene rings is 1. The van der Waals surface area contributed by atoms with E-state index in [1.165, 1.54) is 5.56 Å². The summed E-state index contributed by atoms with van der Waals surface area (Å²) in [6, 6.07) is 6.16. The molecular weight excluding hydrogens is 308 g/mol. The van der Waals surface area contributed by atoms with Crippen molar-refractivity contribution < 1.29 is 0 Å². The Morgan fingerprint density at radius 3 is 2.50 bits per heavy atom. The maximum atomic E-state index is 6.03. The van der Waals surface area contributed by atoms with Gasteiger partial charge in [-0.05, 0) is 61.1 Å². The summed E-state index contributed by atoms with van der Waals surface area (Å²) in [5, 5.41) is 4.26. The highest BCUT2D eigenvalue weighted by Crippen LogP contribution is 2.19. The third kappa shape index (κ3) is 4.15. The van der Waals surface area contributed by atoms with Gasteiger partial charge in [0, 0.05) is 15.7 Å². The Bertz CT molecular complexity index is 318. The second kappa shape index (κ2) is 4.81. The van der Waals surface area contributed by atoms with Crippen molar-refractivity contribution in [3.8, 4) is 0 Å². The van der Waals surface area contributed by atoms with Gasteiger partial charge in [0.15, 0.2) is 0 Å². The van der Waals surface area contributed by atoms with Crippen molar-refractivity contribution in [2.75, 3.05) is 0 Å². The van der Waals surface area contributed by atoms with Gasteiger partial charge in [-0.15, -0.1) is 0 Å². The van der Waals surface area contributed by atoms with Crippen molar-refractivity contribution in [3.63, 3.8) is 0 Å². The van der Waals surface area contributed by atoms with Gasteiger partial charge in [-0.25, -0.2) is 0 Å². The van der Waals surface area contributed by atoms with E-state index < -0.39 is 0 Å². The molecule has 0 spiro atoms. The second-order valence-electron chi connectivity index (χ2n) is 4.35. The van der Waals surface area contributed by atoms with Crippen molar-refractivity contribution >= 4 is 34.2 Å². The molecule has 0 unspecified atom stereocenters. The molecule has 0 aliphatic rings. The maximum absolute atomic E-state index is 6.03. The van der Waals surface area contributed by atoms with E-state index in [1.807, 2.05) is 12.1 Å². The minimum absolute atomic E-state index is 0.148. The Morgan fingerprint density at radius 1 is 1.36 bits per heavy atom. The average Bonchev–Trinajstić information content (AvgIpc) is 2.06. The van der Waals surface area contributed by atoms with Gasteiger partial charge < -0.3 is 5.32 Å². The van der Waals surface area contributed by atoms with Gasteiger partial charge in [-0.2, -0.15) is 0 Å². The smallest absolute Gasteiger partial charge is 0.0542 e. The molecule has 0 amide bonds. The summed E-state index contributed by atoms with van der Waals surface area (Å²) < 4.78 is 1.10. The first-order valence-corrected chi connectivity index (χ1v) is 6.03. The van der Waals surface area contributed by atoms with Crippen LogP contribution in [0.2, 0.25) is 5.02 Å². The molecule has 0 bridgehead atoms. The topological polar surface area (TPSA) is 12.0 Å². The van der Waals surface area contributed by atoms with Gasteiger partial charge in [-0.3, -0.25) is 0 Å². The molecule has 1 nitrogen and oxygen atoms in total. The summed E-state index contributed by atoms with van der Waals surface area (Å²) in [6.45, 7) is 7.32. The lowest BCUT2D eigenvalue weighted by Crippen LogP contribution is -2.35. The summed E-state index contributed by atoms with van der Waals surface area (Å²) in [6.07, 6.45) is 0. The number of rotatable bonds is 2. The lowest BCUT2D eigenvalue weighted by Gasteiger charge is -2.20. The molecule has 0 fully saturated rings. The van der Waals surface area contributed by atoms with Gasteiger partial charge >= 0.3 is 0 Å². The number of nitrogens with one attached hydrogen (secondary N) is 1. The van der Waals surface area contributed by atoms with Crippen LogP contribution in [0, 0.1) is 3.57 Å². The first-order chi connectivity index (χ1) is 6.38. The van der Waals surface area contributed by atoms with Crippen LogP contribution in [0.15, 0.2) is 18.2 Å². The fraction of sp³-hybridized carbons (Fsp3) is 0.455. The summed E-state index contributed by atoms with van der Waals surface area (Å²) in [5.74, 6) is 0. The monoisotopic (exact) mass is 323 g/mol. The highest BCUT2D eigenvalue weighted by atomic mass is 127. The lowest BCUT2D eigenvalue weighted by molar-refractivity contribution is 0.424. The molecule has 0 atom stereocenters. The first-order valence-electron chi connectivity index (χ1n) is 4.57. The summed E-state index contributed by atoms with van der Waals surface area (Å²) in [5.41, 5.74) is 1.38. The standard InChI is InChI=1S/C11H15ClIN/c1-11(2,3)14-7-8-4-5-10(13)9(12)6-8/h4-6,14H,7H2,1-3H3. The van der Waals surface area contributed by atoms with E-state index in [0.717, 1.165) is 15.1 Å². The molecular formula is C11H15ClIN. The van der Waals surface area contributed by atoms with Crippen LogP contribution in [-0.2, 0) is 6.54 Å². The van der Waals surface area contributed by atoms with E-state index in [2.05, 4.69) is 54.7 Å². The molecule has 0 aromatic heterocycles. The van der Waals surface area contributed by atoms with Crippen molar-refractivity contribution in [2.45, 2.75) is 32.9 Å². The average molecular weight is 324 g/mol. The van der Waals surface area contributed by atoms with Gasteiger partial charge in [-0.1, -0.05) is 17.7 Å². The zero-order valence-electron chi connectivity index (χ0n) is 8.70. The number of halogens is 2. The third-order valence-corrected chi connectivity index (χ3v) is 3.38. The van der Waals surface area contributed by atoms with Crippen LogP contribution in [0.5, 0.6) is 0 Å². The summed E-state index contributed by atoms with van der Waals surface area (Å²) >= 11 is 8.26. The van der Waals surface area contributed by atoms with Gasteiger partial charge in [0.1, 0.15) is 0 Å². The van der Waals surface area contributed by atoms with Crippen molar-refractivity contribution in [2.24, 2.45) is 0 Å². The highest BCUT2D eigenvalue weighted by molar-refractivity contribution is 14.1. The van der Waals surface area contributed by atoms with Gasteiger partial charge in [0.2, 0.25) is 0 Å². The van der Waals surface area contributed by atoms with Crippen molar-refractivity contribution in [1.82, 2.24) is 5.32 Å². The van der Waals surface area contributed by atoms with Crippen LogP contribution >= 0.6 is 34.2 Å². The van der Waals surface area contributed by atoms with E-state index in [-0.39, 0.29) is 5.54 Å². The molecule has 14 heavy (non-hydrogen) atoms. The van der Waals surface area contributed by atoms with E-state index in [0.29, 0.717) is 0 Å². The van der Waals surface area contributed by atoms with Gasteiger partial charge in [0.25, 0.3) is 0 Å². The highest BCUT2D eigenvalue weighted by Gasteiger charge is 2.08. The Labute approximate surface area is 104 Å². The number of hydrogen-bond acceptors (Lipinski definition) is 1. The molecule has 0 aliphatic carbocycles. The minimum Gasteiger partial charge on any atom is -0.308 e. The second-order valence-corrected chi connectivity index (χ2v) is 5.92.